The summed E-state index contributed by atoms with van der Waals surface area (Å²) >= 11 is 1.28. The van der Waals surface area contributed by atoms with E-state index in [1.54, 1.807) is 12.3 Å². The van der Waals surface area contributed by atoms with Crippen LogP contribution in [0, 0.1) is 12.7 Å². The first-order valence-corrected chi connectivity index (χ1v) is 5.21. The van der Waals surface area contributed by atoms with E-state index in [1.807, 2.05) is 13.0 Å². The van der Waals surface area contributed by atoms with Crippen LogP contribution < -0.4 is 11.1 Å². The fourth-order valence-electron chi connectivity index (χ4n) is 1.18. The third-order valence-corrected chi connectivity index (χ3v) is 2.63. The van der Waals surface area contributed by atoms with E-state index < -0.39 is 0 Å². The molecule has 1 aromatic carbocycles. The Kier molecular flexibility index (Phi) is 2.55. The first-order chi connectivity index (χ1) is 7.15. The molecule has 3 nitrogen and oxygen atoms in total. The molecule has 0 aliphatic carbocycles. The van der Waals surface area contributed by atoms with Crippen molar-refractivity contribution in [3.05, 3.63) is 35.8 Å². The van der Waals surface area contributed by atoms with Crippen LogP contribution in [-0.4, -0.2) is 4.98 Å². The van der Waals surface area contributed by atoms with Crippen LogP contribution in [0.5, 0.6) is 0 Å². The molecule has 0 saturated heterocycles. The minimum absolute atomic E-state index is 0.288. The zero-order chi connectivity index (χ0) is 10.8. The van der Waals surface area contributed by atoms with Crippen LogP contribution in [0.1, 0.15) is 5.56 Å². The molecule has 15 heavy (non-hydrogen) atoms. The summed E-state index contributed by atoms with van der Waals surface area (Å²) in [5.74, 6) is -0.288. The molecule has 0 aliphatic rings. The number of thiazole rings is 1. The number of aryl methyl sites for hydroxylation is 1. The fourth-order valence-corrected chi connectivity index (χ4v) is 1.78. The molecule has 0 atom stereocenters. The first-order valence-electron chi connectivity index (χ1n) is 4.39. The molecule has 0 radical (unpaired) electrons. The summed E-state index contributed by atoms with van der Waals surface area (Å²) in [6, 6.07) is 4.99. The van der Waals surface area contributed by atoms with E-state index in [1.165, 1.54) is 17.4 Å². The van der Waals surface area contributed by atoms with Crippen molar-refractivity contribution < 1.29 is 4.39 Å². The Morgan fingerprint density at radius 2 is 2.27 bits per heavy atom. The number of nitrogens with one attached hydrogen (secondary N) is 1. The lowest BCUT2D eigenvalue weighted by Gasteiger charge is -2.04. The Labute approximate surface area is 90.8 Å². The van der Waals surface area contributed by atoms with Gasteiger partial charge in [-0.1, -0.05) is 17.4 Å². The third kappa shape index (κ3) is 2.24. The second-order valence-corrected chi connectivity index (χ2v) is 4.24. The smallest absolute Gasteiger partial charge is 0.189 e. The maximum Gasteiger partial charge on any atom is 0.189 e. The average Bonchev–Trinajstić information content (AvgIpc) is 2.56. The van der Waals surface area contributed by atoms with Crippen LogP contribution in [0.4, 0.5) is 20.2 Å². The number of rotatable bonds is 2. The summed E-state index contributed by atoms with van der Waals surface area (Å²) in [5.41, 5.74) is 6.81. The van der Waals surface area contributed by atoms with E-state index in [2.05, 4.69) is 10.3 Å². The molecule has 1 heterocycles. The minimum atomic E-state index is -0.288. The summed E-state index contributed by atoms with van der Waals surface area (Å²) < 4.78 is 13.4. The van der Waals surface area contributed by atoms with Crippen molar-refractivity contribution in [2.45, 2.75) is 6.92 Å². The zero-order valence-electron chi connectivity index (χ0n) is 8.12. The molecule has 0 unspecified atom stereocenters. The number of nitrogen functional groups attached to an aromatic ring is 1. The van der Waals surface area contributed by atoms with Crippen molar-refractivity contribution in [3.8, 4) is 0 Å². The van der Waals surface area contributed by atoms with Gasteiger partial charge in [-0.15, -0.1) is 0 Å². The van der Waals surface area contributed by atoms with Gasteiger partial charge in [0.15, 0.2) is 5.13 Å². The Hall–Kier alpha value is -1.62. The number of aromatic nitrogens is 1. The normalized spacial score (nSPS) is 10.3. The van der Waals surface area contributed by atoms with E-state index >= 15 is 0 Å². The largest absolute Gasteiger partial charge is 0.389 e. The zero-order valence-corrected chi connectivity index (χ0v) is 8.94. The van der Waals surface area contributed by atoms with Crippen LogP contribution in [0.3, 0.4) is 0 Å². The predicted molar refractivity (Wildman–Crippen MR) is 60.9 cm³/mol. The van der Waals surface area contributed by atoms with E-state index in [0.29, 0.717) is 15.8 Å². The van der Waals surface area contributed by atoms with Crippen LogP contribution in [0.2, 0.25) is 0 Å². The van der Waals surface area contributed by atoms with Gasteiger partial charge in [0.2, 0.25) is 0 Å². The summed E-state index contributed by atoms with van der Waals surface area (Å²) in [6.45, 7) is 1.84. The molecule has 3 N–H and O–H groups in total. The highest BCUT2D eigenvalue weighted by Gasteiger charge is 2.04. The lowest BCUT2D eigenvalue weighted by molar-refractivity contribution is 0.630. The lowest BCUT2D eigenvalue weighted by Crippen LogP contribution is -1.93. The number of hydrogen-bond acceptors (Lipinski definition) is 4. The van der Waals surface area contributed by atoms with Gasteiger partial charge in [-0.3, -0.25) is 0 Å². The van der Waals surface area contributed by atoms with Crippen molar-refractivity contribution in [2.75, 3.05) is 11.1 Å². The Morgan fingerprint density at radius 3 is 2.87 bits per heavy atom. The Bertz CT molecular complexity index is 481. The SMILES string of the molecule is Cc1ccc(Nc2ncc(N)s2)c(F)c1. The number of nitrogens with two attached hydrogens (primary N) is 1. The molecule has 0 fully saturated rings. The van der Waals surface area contributed by atoms with Crippen molar-refractivity contribution in [2.24, 2.45) is 0 Å². The molecule has 1 aromatic heterocycles. The third-order valence-electron chi connectivity index (χ3n) is 1.89. The van der Waals surface area contributed by atoms with E-state index in [0.717, 1.165) is 5.56 Å². The number of benzene rings is 1. The second-order valence-electron chi connectivity index (χ2n) is 3.18. The highest BCUT2D eigenvalue weighted by molar-refractivity contribution is 7.19. The molecular formula is C10H10FN3S. The van der Waals surface area contributed by atoms with Crippen molar-refractivity contribution in [3.63, 3.8) is 0 Å². The van der Waals surface area contributed by atoms with Gasteiger partial charge in [-0.2, -0.15) is 0 Å². The molecule has 2 aromatic rings. The highest BCUT2D eigenvalue weighted by Crippen LogP contribution is 2.25. The maximum absolute atomic E-state index is 13.4. The molecular weight excluding hydrogens is 213 g/mol. The molecule has 0 spiro atoms. The molecule has 78 valence electrons. The standard InChI is InChI=1S/C10H10FN3S/c1-6-2-3-8(7(11)4-6)14-10-13-5-9(12)15-10/h2-5H,12H2,1H3,(H,13,14). The summed E-state index contributed by atoms with van der Waals surface area (Å²) in [5, 5.41) is 4.07. The van der Waals surface area contributed by atoms with Crippen molar-refractivity contribution in [1.82, 2.24) is 4.98 Å². The topological polar surface area (TPSA) is 50.9 Å². The van der Waals surface area contributed by atoms with Crippen LogP contribution in [0.15, 0.2) is 24.4 Å². The molecule has 0 bridgehead atoms. The van der Waals surface area contributed by atoms with Gasteiger partial charge >= 0.3 is 0 Å². The predicted octanol–water partition coefficient (Wildman–Crippen LogP) is 2.92. The van der Waals surface area contributed by atoms with Gasteiger partial charge in [-0.05, 0) is 24.6 Å². The van der Waals surface area contributed by atoms with Crippen LogP contribution in [-0.2, 0) is 0 Å². The van der Waals surface area contributed by atoms with Gasteiger partial charge in [0, 0.05) is 0 Å². The van der Waals surface area contributed by atoms with E-state index in [-0.39, 0.29) is 5.82 Å². The van der Waals surface area contributed by atoms with Crippen LogP contribution >= 0.6 is 11.3 Å². The number of nitrogens with zero attached hydrogens (tertiary/aromatic N) is 1. The van der Waals surface area contributed by atoms with E-state index in [4.69, 9.17) is 5.73 Å². The number of anilines is 3. The minimum Gasteiger partial charge on any atom is -0.389 e. The van der Waals surface area contributed by atoms with Crippen LogP contribution in [0.25, 0.3) is 0 Å². The van der Waals surface area contributed by atoms with Gasteiger partial charge in [0.05, 0.1) is 11.9 Å². The van der Waals surface area contributed by atoms with Gasteiger partial charge in [-0.25, -0.2) is 9.37 Å². The number of halogens is 1. The van der Waals surface area contributed by atoms with Gasteiger partial charge in [0.1, 0.15) is 10.8 Å². The Morgan fingerprint density at radius 1 is 1.47 bits per heavy atom. The van der Waals surface area contributed by atoms with Gasteiger partial charge < -0.3 is 11.1 Å². The summed E-state index contributed by atoms with van der Waals surface area (Å²) in [7, 11) is 0. The monoisotopic (exact) mass is 223 g/mol. The molecule has 0 amide bonds. The average molecular weight is 223 g/mol. The summed E-state index contributed by atoms with van der Waals surface area (Å²) in [4.78, 5) is 3.99. The summed E-state index contributed by atoms with van der Waals surface area (Å²) in [6.07, 6.45) is 1.54. The maximum atomic E-state index is 13.4. The van der Waals surface area contributed by atoms with Crippen molar-refractivity contribution >= 4 is 27.2 Å². The quantitative estimate of drug-likeness (QED) is 0.823. The molecule has 0 aliphatic heterocycles. The van der Waals surface area contributed by atoms with Crippen molar-refractivity contribution in [1.29, 1.82) is 0 Å². The molecule has 0 saturated carbocycles. The van der Waals surface area contributed by atoms with E-state index in [9.17, 15) is 4.39 Å². The molecule has 5 heteroatoms. The Balaban J connectivity index is 2.24. The second kappa shape index (κ2) is 3.86. The first kappa shape index (κ1) is 9.92. The lowest BCUT2D eigenvalue weighted by atomic mass is 10.2. The number of hydrogen-bond donors (Lipinski definition) is 2. The van der Waals surface area contributed by atoms with Gasteiger partial charge in [0.25, 0.3) is 0 Å². The molecule has 2 rings (SSSR count). The fraction of sp³-hybridized carbons (Fsp3) is 0.100. The highest BCUT2D eigenvalue weighted by atomic mass is 32.1.